The zero-order valence-corrected chi connectivity index (χ0v) is 11.9. The molecule has 0 radical (unpaired) electrons. The van der Waals surface area contributed by atoms with Crippen LogP contribution >= 0.6 is 0 Å². The Morgan fingerprint density at radius 3 is 2.53 bits per heavy atom. The van der Waals surface area contributed by atoms with E-state index in [-0.39, 0.29) is 5.79 Å². The lowest BCUT2D eigenvalue weighted by molar-refractivity contribution is -0.184. The maximum Gasteiger partial charge on any atom is 0.168 e. The molecule has 0 aromatic heterocycles. The van der Waals surface area contributed by atoms with E-state index in [0.717, 1.165) is 65.1 Å². The van der Waals surface area contributed by atoms with Crippen LogP contribution in [0.2, 0.25) is 0 Å². The van der Waals surface area contributed by atoms with Gasteiger partial charge in [0.2, 0.25) is 0 Å². The van der Waals surface area contributed by atoms with Crippen molar-refractivity contribution in [2.45, 2.75) is 43.6 Å². The second kappa shape index (κ2) is 6.06. The molecule has 110 valence electrons. The maximum absolute atomic E-state index is 5.78. The van der Waals surface area contributed by atoms with Gasteiger partial charge in [-0.2, -0.15) is 0 Å². The molecule has 1 unspecified atom stereocenters. The summed E-state index contributed by atoms with van der Waals surface area (Å²) in [6.45, 7) is 5.36. The van der Waals surface area contributed by atoms with Crippen LogP contribution in [0.4, 0.5) is 0 Å². The topological polar surface area (TPSA) is 43.0 Å². The lowest BCUT2D eigenvalue weighted by Crippen LogP contribution is -2.49. The van der Waals surface area contributed by atoms with Crippen LogP contribution < -0.4 is 5.32 Å². The van der Waals surface area contributed by atoms with Gasteiger partial charge < -0.3 is 24.4 Å². The molecule has 3 rings (SSSR count). The molecule has 3 fully saturated rings. The highest BCUT2D eigenvalue weighted by molar-refractivity contribution is 4.87. The van der Waals surface area contributed by atoms with Gasteiger partial charge in [0.15, 0.2) is 5.79 Å². The van der Waals surface area contributed by atoms with Crippen molar-refractivity contribution in [3.63, 3.8) is 0 Å². The summed E-state index contributed by atoms with van der Waals surface area (Å²) in [4.78, 5) is 2.46. The van der Waals surface area contributed by atoms with Crippen molar-refractivity contribution in [2.24, 2.45) is 0 Å². The lowest BCUT2D eigenvalue weighted by Gasteiger charge is -2.40. The zero-order chi connectivity index (χ0) is 13.1. The minimum Gasteiger partial charge on any atom is -0.374 e. The first-order chi connectivity index (χ1) is 9.27. The fourth-order valence-corrected chi connectivity index (χ4v) is 3.48. The van der Waals surface area contributed by atoms with E-state index in [1.54, 1.807) is 0 Å². The van der Waals surface area contributed by atoms with Crippen LogP contribution in [0.15, 0.2) is 0 Å². The average molecular weight is 270 g/mol. The molecule has 2 aliphatic heterocycles. The molecule has 19 heavy (non-hydrogen) atoms. The third kappa shape index (κ3) is 3.28. The van der Waals surface area contributed by atoms with Crippen molar-refractivity contribution < 1.29 is 14.2 Å². The van der Waals surface area contributed by atoms with E-state index in [4.69, 9.17) is 14.2 Å². The Morgan fingerprint density at radius 2 is 1.89 bits per heavy atom. The molecule has 1 saturated carbocycles. The second-order valence-electron chi connectivity index (χ2n) is 5.98. The van der Waals surface area contributed by atoms with E-state index in [1.165, 1.54) is 0 Å². The summed E-state index contributed by atoms with van der Waals surface area (Å²) < 4.78 is 17.3. The van der Waals surface area contributed by atoms with Crippen LogP contribution in [0, 0.1) is 0 Å². The number of likely N-dealkylation sites (N-methyl/N-ethyl adjacent to an activating group) is 1. The highest BCUT2D eigenvalue weighted by Gasteiger charge is 2.41. The highest BCUT2D eigenvalue weighted by atomic mass is 16.7. The van der Waals surface area contributed by atoms with Crippen LogP contribution in [0.5, 0.6) is 0 Å². The van der Waals surface area contributed by atoms with Crippen LogP contribution in [-0.2, 0) is 14.2 Å². The Balaban J connectivity index is 1.44. The first kappa shape index (κ1) is 13.8. The van der Waals surface area contributed by atoms with E-state index in [2.05, 4.69) is 17.3 Å². The van der Waals surface area contributed by atoms with Gasteiger partial charge in [-0.1, -0.05) is 0 Å². The Bertz CT molecular complexity index is 278. The molecule has 0 amide bonds. The minimum absolute atomic E-state index is 0.236. The molecule has 0 aromatic rings. The molecule has 5 nitrogen and oxygen atoms in total. The number of morpholine rings is 1. The van der Waals surface area contributed by atoms with E-state index in [9.17, 15) is 0 Å². The summed E-state index contributed by atoms with van der Waals surface area (Å²) in [5.41, 5.74) is 0. The largest absolute Gasteiger partial charge is 0.374 e. The molecule has 1 atom stereocenters. The molecule has 3 aliphatic rings. The Labute approximate surface area is 115 Å². The maximum atomic E-state index is 5.78. The van der Waals surface area contributed by atoms with E-state index in [0.29, 0.717) is 12.1 Å². The number of nitrogens with one attached hydrogen (secondary N) is 1. The standard InChI is InChI=1S/C14H26N2O3/c1-16(11-13-10-15-6-7-17-13)12-2-4-14(5-3-12)18-8-9-19-14/h12-13,15H,2-11H2,1H3. The molecule has 2 saturated heterocycles. The number of rotatable bonds is 3. The third-order valence-corrected chi connectivity index (χ3v) is 4.65. The van der Waals surface area contributed by atoms with Crippen LogP contribution in [-0.4, -0.2) is 69.3 Å². The SMILES string of the molecule is CN(CC1CNCCO1)C1CCC2(CC1)OCCO2. The zero-order valence-electron chi connectivity index (χ0n) is 11.9. The third-order valence-electron chi connectivity index (χ3n) is 4.65. The monoisotopic (exact) mass is 270 g/mol. The fraction of sp³-hybridized carbons (Fsp3) is 1.00. The molecule has 1 N–H and O–H groups in total. The van der Waals surface area contributed by atoms with Gasteiger partial charge in [0, 0.05) is 38.5 Å². The highest BCUT2D eigenvalue weighted by Crippen LogP contribution is 2.37. The molecule has 1 aliphatic carbocycles. The minimum atomic E-state index is -0.236. The summed E-state index contributed by atoms with van der Waals surface area (Å²) in [6, 6.07) is 0.643. The number of nitrogens with zero attached hydrogens (tertiary/aromatic N) is 1. The normalized spacial score (nSPS) is 32.2. The van der Waals surface area contributed by atoms with E-state index in [1.807, 2.05) is 0 Å². The Morgan fingerprint density at radius 1 is 1.16 bits per heavy atom. The summed E-state index contributed by atoms with van der Waals surface area (Å²) in [5, 5.41) is 3.39. The van der Waals surface area contributed by atoms with Gasteiger partial charge in [0.25, 0.3) is 0 Å². The summed E-state index contributed by atoms with van der Waals surface area (Å²) in [7, 11) is 2.22. The predicted octanol–water partition coefficient (Wildman–Crippen LogP) is 0.592. The van der Waals surface area contributed by atoms with Crippen molar-refractivity contribution in [3.8, 4) is 0 Å². The van der Waals surface area contributed by atoms with Gasteiger partial charge in [-0.3, -0.25) is 0 Å². The van der Waals surface area contributed by atoms with Crippen molar-refractivity contribution in [2.75, 3.05) is 46.5 Å². The summed E-state index contributed by atoms with van der Waals surface area (Å²) >= 11 is 0. The van der Waals surface area contributed by atoms with E-state index >= 15 is 0 Å². The first-order valence-corrected chi connectivity index (χ1v) is 7.58. The summed E-state index contributed by atoms with van der Waals surface area (Å²) in [5.74, 6) is -0.236. The average Bonchev–Trinajstić information content (AvgIpc) is 2.89. The molecule has 5 heteroatoms. The molecular weight excluding hydrogens is 244 g/mol. The second-order valence-corrected chi connectivity index (χ2v) is 5.98. The van der Waals surface area contributed by atoms with Gasteiger partial charge in [0.05, 0.1) is 25.9 Å². The molecule has 0 aromatic carbocycles. The first-order valence-electron chi connectivity index (χ1n) is 7.58. The van der Waals surface area contributed by atoms with Crippen LogP contribution in [0.1, 0.15) is 25.7 Å². The number of ether oxygens (including phenoxy) is 3. The van der Waals surface area contributed by atoms with Gasteiger partial charge in [-0.25, -0.2) is 0 Å². The van der Waals surface area contributed by atoms with Gasteiger partial charge >= 0.3 is 0 Å². The molecular formula is C14H26N2O3. The number of hydrogen-bond donors (Lipinski definition) is 1. The Kier molecular flexibility index (Phi) is 4.39. The van der Waals surface area contributed by atoms with Crippen LogP contribution in [0.3, 0.4) is 0 Å². The molecule has 1 spiro atoms. The van der Waals surface area contributed by atoms with E-state index < -0.39 is 0 Å². The quantitative estimate of drug-likeness (QED) is 0.813. The van der Waals surface area contributed by atoms with Crippen molar-refractivity contribution >= 4 is 0 Å². The van der Waals surface area contributed by atoms with Gasteiger partial charge in [-0.05, 0) is 19.9 Å². The fourth-order valence-electron chi connectivity index (χ4n) is 3.48. The molecule has 0 bridgehead atoms. The lowest BCUT2D eigenvalue weighted by atomic mass is 9.89. The Hall–Kier alpha value is -0.200. The van der Waals surface area contributed by atoms with Gasteiger partial charge in [-0.15, -0.1) is 0 Å². The predicted molar refractivity (Wildman–Crippen MR) is 72.1 cm³/mol. The summed E-state index contributed by atoms with van der Waals surface area (Å²) in [6.07, 6.45) is 4.74. The van der Waals surface area contributed by atoms with Crippen molar-refractivity contribution in [3.05, 3.63) is 0 Å². The van der Waals surface area contributed by atoms with Crippen molar-refractivity contribution in [1.29, 1.82) is 0 Å². The van der Waals surface area contributed by atoms with Crippen LogP contribution in [0.25, 0.3) is 0 Å². The molecule has 2 heterocycles. The van der Waals surface area contributed by atoms with Gasteiger partial charge in [0.1, 0.15) is 0 Å². The van der Waals surface area contributed by atoms with Crippen molar-refractivity contribution in [1.82, 2.24) is 10.2 Å². The number of hydrogen-bond acceptors (Lipinski definition) is 5. The smallest absolute Gasteiger partial charge is 0.168 e.